The molecule has 2 aromatic carbocycles. The molecule has 0 aliphatic carbocycles. The Hall–Kier alpha value is -2.57. The first-order valence-corrected chi connectivity index (χ1v) is 10.2. The topological polar surface area (TPSA) is 51.2 Å². The number of amides is 1. The first-order chi connectivity index (χ1) is 14.2. The summed E-state index contributed by atoms with van der Waals surface area (Å²) in [5.41, 5.74) is 2.28. The number of morpholine rings is 1. The second-order valence-corrected chi connectivity index (χ2v) is 7.61. The quantitative estimate of drug-likeness (QED) is 0.778. The molecule has 1 amide bonds. The molecule has 4 rings (SSSR count). The van der Waals surface area contributed by atoms with Gasteiger partial charge in [0.15, 0.2) is 6.61 Å². The fraction of sp³-hybridized carbons (Fsp3) is 0.435. The molecule has 0 radical (unpaired) electrons. The van der Waals surface area contributed by atoms with Gasteiger partial charge in [0.1, 0.15) is 18.1 Å². The number of fused-ring (bicyclic) bond motifs is 1. The van der Waals surface area contributed by atoms with Crippen molar-refractivity contribution in [3.8, 4) is 11.5 Å². The van der Waals surface area contributed by atoms with Crippen LogP contribution in [0.3, 0.4) is 0 Å². The van der Waals surface area contributed by atoms with Gasteiger partial charge in [-0.05, 0) is 36.8 Å². The van der Waals surface area contributed by atoms with E-state index in [9.17, 15) is 4.79 Å². The molecule has 0 N–H and O–H groups in total. The molecule has 0 bridgehead atoms. The predicted molar refractivity (Wildman–Crippen MR) is 110 cm³/mol. The highest BCUT2D eigenvalue weighted by Gasteiger charge is 2.26. The van der Waals surface area contributed by atoms with Crippen LogP contribution in [-0.4, -0.2) is 61.3 Å². The zero-order valence-corrected chi connectivity index (χ0v) is 16.9. The smallest absolute Gasteiger partial charge is 0.261 e. The number of benzene rings is 2. The molecule has 2 aliphatic rings. The van der Waals surface area contributed by atoms with E-state index < -0.39 is 0 Å². The average molecular weight is 396 g/mol. The summed E-state index contributed by atoms with van der Waals surface area (Å²) < 4.78 is 17.1. The Morgan fingerprint density at radius 3 is 2.72 bits per heavy atom. The number of rotatable bonds is 5. The molecule has 1 unspecified atom stereocenters. The highest BCUT2D eigenvalue weighted by Crippen LogP contribution is 2.27. The Balaban J connectivity index is 1.43. The Bertz CT molecular complexity index is 821. The van der Waals surface area contributed by atoms with Gasteiger partial charge in [-0.3, -0.25) is 9.69 Å². The first-order valence-electron chi connectivity index (χ1n) is 10.2. The zero-order chi connectivity index (χ0) is 20.1. The van der Waals surface area contributed by atoms with E-state index in [0.29, 0.717) is 18.9 Å². The van der Waals surface area contributed by atoms with Crippen molar-refractivity contribution in [2.24, 2.45) is 0 Å². The number of hydrogen-bond acceptors (Lipinski definition) is 5. The van der Waals surface area contributed by atoms with Gasteiger partial charge in [0.05, 0.1) is 19.3 Å². The van der Waals surface area contributed by atoms with Crippen LogP contribution in [0.4, 0.5) is 0 Å². The molecular weight excluding hydrogens is 368 g/mol. The maximum Gasteiger partial charge on any atom is 0.261 e. The van der Waals surface area contributed by atoms with E-state index in [2.05, 4.69) is 17.0 Å². The molecule has 1 fully saturated rings. The third kappa shape index (κ3) is 5.08. The Morgan fingerprint density at radius 1 is 1.14 bits per heavy atom. The normalized spacial score (nSPS) is 19.8. The summed E-state index contributed by atoms with van der Waals surface area (Å²) in [4.78, 5) is 17.1. The summed E-state index contributed by atoms with van der Waals surface area (Å²) in [5.74, 6) is 1.53. The minimum absolute atomic E-state index is 0.0167. The van der Waals surface area contributed by atoms with Gasteiger partial charge in [-0.2, -0.15) is 0 Å². The van der Waals surface area contributed by atoms with Crippen molar-refractivity contribution in [1.29, 1.82) is 0 Å². The molecule has 2 heterocycles. The monoisotopic (exact) mass is 396 g/mol. The van der Waals surface area contributed by atoms with Crippen molar-refractivity contribution >= 4 is 5.91 Å². The van der Waals surface area contributed by atoms with E-state index in [1.54, 1.807) is 0 Å². The minimum Gasteiger partial charge on any atom is -0.491 e. The van der Waals surface area contributed by atoms with Crippen LogP contribution in [0.15, 0.2) is 48.5 Å². The molecule has 0 spiro atoms. The molecular formula is C23H28N2O4. The van der Waals surface area contributed by atoms with Crippen LogP contribution in [0.1, 0.15) is 18.1 Å². The van der Waals surface area contributed by atoms with Crippen LogP contribution in [0, 0.1) is 0 Å². The summed E-state index contributed by atoms with van der Waals surface area (Å²) >= 11 is 0. The van der Waals surface area contributed by atoms with Gasteiger partial charge in [-0.1, -0.05) is 24.3 Å². The molecule has 2 aromatic rings. The lowest BCUT2D eigenvalue weighted by molar-refractivity contribution is -0.136. The van der Waals surface area contributed by atoms with Crippen molar-refractivity contribution in [2.45, 2.75) is 26.1 Å². The van der Waals surface area contributed by atoms with Crippen molar-refractivity contribution in [3.05, 3.63) is 59.7 Å². The van der Waals surface area contributed by atoms with Gasteiger partial charge in [0.2, 0.25) is 0 Å². The molecule has 0 aromatic heterocycles. The highest BCUT2D eigenvalue weighted by molar-refractivity contribution is 5.78. The van der Waals surface area contributed by atoms with E-state index >= 15 is 0 Å². The number of nitrogens with zero attached hydrogens (tertiary/aromatic N) is 2. The molecule has 0 saturated carbocycles. The minimum atomic E-state index is -0.0311. The maximum atomic E-state index is 12.9. The fourth-order valence-electron chi connectivity index (χ4n) is 3.73. The van der Waals surface area contributed by atoms with E-state index in [0.717, 1.165) is 44.2 Å². The van der Waals surface area contributed by atoms with Gasteiger partial charge in [-0.25, -0.2) is 0 Å². The van der Waals surface area contributed by atoms with Crippen LogP contribution in [0.5, 0.6) is 11.5 Å². The predicted octanol–water partition coefficient (Wildman–Crippen LogP) is 2.71. The Morgan fingerprint density at radius 2 is 1.93 bits per heavy atom. The second-order valence-electron chi connectivity index (χ2n) is 7.61. The van der Waals surface area contributed by atoms with Crippen LogP contribution in [0.2, 0.25) is 0 Å². The lowest BCUT2D eigenvalue weighted by Crippen LogP contribution is -2.42. The molecule has 6 heteroatoms. The summed E-state index contributed by atoms with van der Waals surface area (Å²) in [5, 5.41) is 0. The number of ether oxygens (including phenoxy) is 3. The van der Waals surface area contributed by atoms with Crippen LogP contribution >= 0.6 is 0 Å². The Labute approximate surface area is 172 Å². The fourth-order valence-corrected chi connectivity index (χ4v) is 3.73. The molecule has 1 saturated heterocycles. The number of carbonyl (C=O) groups excluding carboxylic acids is 1. The molecule has 6 nitrogen and oxygen atoms in total. The maximum absolute atomic E-state index is 12.9. The number of carbonyl (C=O) groups is 1. The zero-order valence-electron chi connectivity index (χ0n) is 16.9. The van der Waals surface area contributed by atoms with E-state index in [4.69, 9.17) is 14.2 Å². The second kappa shape index (κ2) is 9.29. The van der Waals surface area contributed by atoms with Gasteiger partial charge in [0, 0.05) is 31.7 Å². The SMILES string of the molecule is CC1COc2ccc(CN3CCOCC3)cc2CN1C(=O)COc1ccccc1. The van der Waals surface area contributed by atoms with Crippen LogP contribution in [0.25, 0.3) is 0 Å². The van der Waals surface area contributed by atoms with E-state index in [1.165, 1.54) is 5.56 Å². The summed E-state index contributed by atoms with van der Waals surface area (Å²) in [6.07, 6.45) is 0. The molecule has 154 valence electrons. The van der Waals surface area contributed by atoms with E-state index in [-0.39, 0.29) is 18.6 Å². The van der Waals surface area contributed by atoms with Crippen molar-refractivity contribution < 1.29 is 19.0 Å². The third-order valence-electron chi connectivity index (χ3n) is 5.41. The van der Waals surface area contributed by atoms with Gasteiger partial charge in [-0.15, -0.1) is 0 Å². The highest BCUT2D eigenvalue weighted by atomic mass is 16.5. The standard InChI is InChI=1S/C23H28N2O4/c1-18-16-29-22-8-7-19(14-24-9-11-27-12-10-24)13-20(22)15-25(18)23(26)17-28-21-5-3-2-4-6-21/h2-8,13,18H,9-12,14-17H2,1H3. The third-order valence-corrected chi connectivity index (χ3v) is 5.41. The molecule has 2 aliphatic heterocycles. The lowest BCUT2D eigenvalue weighted by Gasteiger charge is -2.27. The summed E-state index contributed by atoms with van der Waals surface area (Å²) in [6, 6.07) is 15.7. The molecule has 29 heavy (non-hydrogen) atoms. The number of hydrogen-bond donors (Lipinski definition) is 0. The summed E-state index contributed by atoms with van der Waals surface area (Å²) in [7, 11) is 0. The van der Waals surface area contributed by atoms with Gasteiger partial charge < -0.3 is 19.1 Å². The Kier molecular flexibility index (Phi) is 6.32. The number of para-hydroxylation sites is 1. The van der Waals surface area contributed by atoms with E-state index in [1.807, 2.05) is 48.2 Å². The van der Waals surface area contributed by atoms with Crippen molar-refractivity contribution in [2.75, 3.05) is 39.5 Å². The van der Waals surface area contributed by atoms with Crippen molar-refractivity contribution in [3.63, 3.8) is 0 Å². The average Bonchev–Trinajstić information content (AvgIpc) is 2.92. The van der Waals surface area contributed by atoms with Gasteiger partial charge >= 0.3 is 0 Å². The first kappa shape index (κ1) is 19.7. The summed E-state index contributed by atoms with van der Waals surface area (Å²) in [6.45, 7) is 7.41. The largest absolute Gasteiger partial charge is 0.491 e. The molecule has 1 atom stereocenters. The lowest BCUT2D eigenvalue weighted by atomic mass is 10.1. The van der Waals surface area contributed by atoms with Gasteiger partial charge in [0.25, 0.3) is 5.91 Å². The van der Waals surface area contributed by atoms with Crippen LogP contribution < -0.4 is 9.47 Å². The van der Waals surface area contributed by atoms with Crippen LogP contribution in [-0.2, 0) is 22.6 Å². The van der Waals surface area contributed by atoms with Crippen molar-refractivity contribution in [1.82, 2.24) is 9.80 Å².